The maximum absolute atomic E-state index is 13.4. The molecule has 7 N–H and O–H groups in total. The van der Waals surface area contributed by atoms with Gasteiger partial charge >= 0.3 is 0 Å². The number of hydrogen-bond donors (Lipinski definition) is 7. The van der Waals surface area contributed by atoms with Crippen LogP contribution in [0.4, 0.5) is 33.6 Å². The number of azo groups is 3. The molecule has 0 radical (unpaired) electrons. The van der Waals surface area contributed by atoms with E-state index in [9.17, 15) is 74.8 Å². The van der Waals surface area contributed by atoms with Crippen molar-refractivity contribution in [3.8, 4) is 17.2 Å². The van der Waals surface area contributed by atoms with Crippen LogP contribution in [0, 0.1) is 13.8 Å². The number of fused-ring (bicyclic) bond motifs is 2. The molecule has 0 aliphatic heterocycles. The second kappa shape index (κ2) is 19.3. The highest BCUT2D eigenvalue weighted by Crippen LogP contribution is 2.43. The molecule has 27 nitrogen and oxygen atoms in total. The van der Waals surface area contributed by atoms with Crippen molar-refractivity contribution in [3.63, 3.8) is 0 Å². The minimum Gasteiger partial charge on any atom is -0.505 e. The number of nitrogens with one attached hydrogen (secondary N) is 1. The summed E-state index contributed by atoms with van der Waals surface area (Å²) in [6.07, 6.45) is -0.189. The average molecular weight is 1120 g/mol. The summed E-state index contributed by atoms with van der Waals surface area (Å²) in [5.74, 6) is -1.41. The lowest BCUT2D eigenvalue weighted by Gasteiger charge is -2.11. The largest absolute Gasteiger partial charge is 0.505 e. The van der Waals surface area contributed by atoms with Crippen LogP contribution in [0.15, 0.2) is 122 Å². The van der Waals surface area contributed by atoms with Crippen molar-refractivity contribution in [2.24, 2.45) is 30.7 Å². The topological polar surface area (TPSA) is 426 Å². The lowest BCUT2D eigenvalue weighted by atomic mass is 10.1. The normalized spacial score (nSPS) is 13.2. The zero-order valence-corrected chi connectivity index (χ0v) is 41.1. The molecule has 0 amide bonds. The van der Waals surface area contributed by atoms with E-state index < -0.39 is 104 Å². The number of thiazole rings is 1. The van der Waals surface area contributed by atoms with Crippen molar-refractivity contribution in [1.82, 2.24) is 14.8 Å². The molecular formula is C37H30ClN9O18S6. The van der Waals surface area contributed by atoms with Gasteiger partial charge in [0.2, 0.25) is 5.13 Å². The molecule has 0 atom stereocenters. The maximum Gasteiger partial charge on any atom is 0.299 e. The Morgan fingerprint density at radius 1 is 0.690 bits per heavy atom. The highest BCUT2D eigenvalue weighted by molar-refractivity contribution is 7.87. The number of ether oxygens (including phenoxy) is 1. The first-order valence-electron chi connectivity index (χ1n) is 19.1. The van der Waals surface area contributed by atoms with Gasteiger partial charge in [0, 0.05) is 21.9 Å². The number of phenolic OH excluding ortho intramolecular Hbond substituents is 1. The molecule has 34 heteroatoms. The molecule has 0 fully saturated rings. The summed E-state index contributed by atoms with van der Waals surface area (Å²) in [6.45, 7) is 2.56. The van der Waals surface area contributed by atoms with Crippen LogP contribution in [0.5, 0.6) is 11.5 Å². The molecular weight excluding hydrogens is 1090 g/mol. The summed E-state index contributed by atoms with van der Waals surface area (Å²) in [6, 6.07) is 11.3. The van der Waals surface area contributed by atoms with Crippen molar-refractivity contribution in [2.75, 3.05) is 12.4 Å². The molecule has 0 saturated heterocycles. The number of H-pyrrole nitrogens is 1. The second-order valence-corrected chi connectivity index (χ2v) is 23.3. The lowest BCUT2D eigenvalue weighted by molar-refractivity contribution is 0.317. The fourth-order valence-corrected chi connectivity index (χ4v) is 10.9. The van der Waals surface area contributed by atoms with E-state index in [-0.39, 0.29) is 72.7 Å². The van der Waals surface area contributed by atoms with E-state index in [1.807, 2.05) is 0 Å². The molecule has 0 spiro atoms. The van der Waals surface area contributed by atoms with E-state index in [2.05, 4.69) is 40.8 Å². The molecule has 2 aromatic heterocycles. The van der Waals surface area contributed by atoms with Gasteiger partial charge in [-0.25, -0.2) is 9.67 Å². The Balaban J connectivity index is 1.23. The Kier molecular flexibility index (Phi) is 14.2. The van der Waals surface area contributed by atoms with Crippen LogP contribution >= 0.6 is 22.9 Å². The first-order valence-corrected chi connectivity index (χ1v) is 27.7. The van der Waals surface area contributed by atoms with E-state index in [0.717, 1.165) is 41.7 Å². The van der Waals surface area contributed by atoms with Gasteiger partial charge in [0.15, 0.2) is 11.4 Å². The van der Waals surface area contributed by atoms with Gasteiger partial charge < -0.3 is 9.84 Å². The Morgan fingerprint density at radius 2 is 1.30 bits per heavy atom. The Bertz CT molecular complexity index is 4070. The third kappa shape index (κ3) is 11.8. The van der Waals surface area contributed by atoms with Crippen LogP contribution in [0.25, 0.3) is 26.7 Å². The zero-order valence-electron chi connectivity index (χ0n) is 35.5. The number of aromatic nitrogens is 3. The number of halogens is 1. The van der Waals surface area contributed by atoms with Crippen LogP contribution < -0.4 is 10.3 Å². The van der Waals surface area contributed by atoms with Crippen molar-refractivity contribution in [2.45, 2.75) is 39.9 Å². The third-order valence-electron chi connectivity index (χ3n) is 9.64. The number of aromatic hydroxyl groups is 1. The minimum atomic E-state index is -5.22. The maximum atomic E-state index is 13.4. The summed E-state index contributed by atoms with van der Waals surface area (Å²) in [5, 5.41) is 37.4. The van der Waals surface area contributed by atoms with E-state index in [1.165, 1.54) is 25.1 Å². The summed E-state index contributed by atoms with van der Waals surface area (Å²) >= 11 is 6.92. The third-order valence-corrected chi connectivity index (χ3v) is 15.0. The predicted molar refractivity (Wildman–Crippen MR) is 251 cm³/mol. The van der Waals surface area contributed by atoms with E-state index in [4.69, 9.17) is 16.3 Å². The molecule has 0 bridgehead atoms. The zero-order chi connectivity index (χ0) is 52.2. The predicted octanol–water partition coefficient (Wildman–Crippen LogP) is 7.79. The van der Waals surface area contributed by atoms with Crippen molar-refractivity contribution in [3.05, 3.63) is 93.4 Å². The van der Waals surface area contributed by atoms with E-state index >= 15 is 0 Å². The summed E-state index contributed by atoms with van der Waals surface area (Å²) in [5.41, 5.74) is -2.73. The Hall–Kier alpha value is -6.50. The van der Waals surface area contributed by atoms with E-state index in [1.54, 1.807) is 6.92 Å². The molecule has 7 rings (SSSR count). The summed E-state index contributed by atoms with van der Waals surface area (Å²) in [7, 11) is -24.5. The molecule has 0 aliphatic rings. The molecule has 0 aliphatic carbocycles. The molecule has 0 unspecified atom stereocenters. The van der Waals surface area contributed by atoms with Gasteiger partial charge in [0.1, 0.15) is 38.1 Å². The first kappa shape index (κ1) is 52.3. The average Bonchev–Trinajstić information content (AvgIpc) is 3.79. The molecule has 7 aromatic rings. The molecule has 71 heavy (non-hydrogen) atoms. The first-order chi connectivity index (χ1) is 32.9. The minimum absolute atomic E-state index is 0.00171. The molecule has 2 heterocycles. The number of nitrogens with zero attached hydrogens (tertiary/aromatic N) is 8. The van der Waals surface area contributed by atoms with Crippen LogP contribution in [-0.4, -0.2) is 97.1 Å². The van der Waals surface area contributed by atoms with Crippen LogP contribution in [0.2, 0.25) is 5.02 Å². The number of phenols is 1. The van der Waals surface area contributed by atoms with Crippen LogP contribution in [-0.2, 0) is 50.6 Å². The Morgan fingerprint density at radius 3 is 1.92 bits per heavy atom. The second-order valence-electron chi connectivity index (χ2n) is 14.7. The summed E-state index contributed by atoms with van der Waals surface area (Å²) < 4.78 is 175. The highest BCUT2D eigenvalue weighted by Gasteiger charge is 2.25. The van der Waals surface area contributed by atoms with Crippen molar-refractivity contribution < 1.29 is 74.7 Å². The van der Waals surface area contributed by atoms with Gasteiger partial charge in [-0.15, -0.1) is 30.7 Å². The molecule has 5 aromatic carbocycles. The van der Waals surface area contributed by atoms with Gasteiger partial charge in [-0.2, -0.15) is 42.1 Å². The summed E-state index contributed by atoms with van der Waals surface area (Å²) in [4.78, 5) is 14.1. The number of aryl methyl sites for hydroxylation is 2. The number of benzene rings is 5. The number of aromatic amines is 1. The van der Waals surface area contributed by atoms with Gasteiger partial charge in [-0.3, -0.25) is 32.7 Å². The standard InChI is InChI=1S/C37H30ClN9O18S6/c1-17-10-28(29(65-8-3-9-67(50,51)52)16-27(17)42-45-37-39-33-30(66-37)11-19(38)12-31(33)70(59,60)61)43-40-25-6-5-24-23(34(25)48)4-7-26(35(24)71(62,63)64)41-44-32-18(2)46-47(36(32)49)20-13-21(68(53,54)55)15-22(14-20)69(56,57)58/h4-7,10-16,46,48H,3,8-9H2,1-2H3,(H,50,51,52)(H,53,54,55)(H,56,57,58)(H,59,60,61)(H,62,63,64). The van der Waals surface area contributed by atoms with Crippen molar-refractivity contribution in [1.29, 1.82) is 0 Å². The molecule has 0 saturated carbocycles. The van der Waals surface area contributed by atoms with Gasteiger partial charge in [0.05, 0.1) is 43.9 Å². The van der Waals surface area contributed by atoms with Gasteiger partial charge in [-0.1, -0.05) is 29.0 Å². The lowest BCUT2D eigenvalue weighted by Crippen LogP contribution is -2.16. The fourth-order valence-electron chi connectivity index (χ4n) is 6.48. The van der Waals surface area contributed by atoms with Gasteiger partial charge in [-0.05, 0) is 80.4 Å². The smallest absolute Gasteiger partial charge is 0.299 e. The Labute approximate surface area is 408 Å². The fraction of sp³-hybridized carbons (Fsp3) is 0.135. The quantitative estimate of drug-likeness (QED) is 0.0275. The number of rotatable bonds is 16. The molecule has 374 valence electrons. The monoisotopic (exact) mass is 1110 g/mol. The van der Waals surface area contributed by atoms with Crippen molar-refractivity contribution >= 4 is 128 Å². The SMILES string of the molecule is Cc1cc(N=Nc2ccc3c(S(=O)(=O)O)c(N=Nc4c(C)[nH]n(-c5cc(S(=O)(=O)O)cc(S(=O)(=O)O)c5)c4=O)ccc3c2O)c(OCCCS(=O)(=O)O)cc1N=Nc1nc2c(S(=O)(=O)O)cc(Cl)cc2s1. The highest BCUT2D eigenvalue weighted by atomic mass is 35.5. The van der Waals surface area contributed by atoms with E-state index in [0.29, 0.717) is 28.4 Å². The van der Waals surface area contributed by atoms with Gasteiger partial charge in [0.25, 0.3) is 56.1 Å². The van der Waals surface area contributed by atoms with Crippen LogP contribution in [0.1, 0.15) is 17.7 Å². The number of hydrogen-bond acceptors (Lipinski definition) is 21. The van der Waals surface area contributed by atoms with Crippen LogP contribution in [0.3, 0.4) is 0 Å².